The number of fused-ring (bicyclic) bond motifs is 2. The van der Waals surface area contributed by atoms with Gasteiger partial charge in [0.05, 0.1) is 0 Å². The van der Waals surface area contributed by atoms with Gasteiger partial charge < -0.3 is 0 Å². The number of hydrogen-bond acceptors (Lipinski definition) is 4. The maximum Gasteiger partial charge on any atom is 0.194 e. The fraction of sp³-hybridized carbons (Fsp3) is 0.515. The first-order valence-corrected chi connectivity index (χ1v) is 30.0. The van der Waals surface area contributed by atoms with Crippen molar-refractivity contribution in [1.29, 1.82) is 0 Å². The number of unbranched alkanes of at least 4 members (excludes halogenated alkanes) is 16. The molecular formula is C66H86O2S2. The SMILES string of the molecule is CCCCCCCCC(CCCCCC)Cc1c2cc(-c3ccc(-c4ccc(-c5ccc(C)s5)s4)cc3)c(=O)c2c(CC(CCCCCC)CCCCCCCC)c2cc(-c3ccc(C)cc3)c(=O)c12. The van der Waals surface area contributed by atoms with Gasteiger partial charge in [0.1, 0.15) is 0 Å². The third-order valence-electron chi connectivity index (χ3n) is 15.6. The summed E-state index contributed by atoms with van der Waals surface area (Å²) in [5.41, 5.74) is 8.52. The standard InChI is InChI=1S/C66H86O2S2/c1-7-11-15-19-21-25-29-49(27-23-17-13-9-3)43-56-58-45-54(51-34-31-47(5)32-35-51)65(67)63(58)57(44-50(28-24-18-14-10-4)30-26-22-20-16-12-8-2)59-46-55(66(68)64(56)59)52-36-38-53(39-37-52)60-41-42-62(70-60)61-40-33-48(6)69-61/h31-42,45-46,49-50H,7-30,43-44H2,1-6H3. The number of hydrogen-bond donors (Lipinski definition) is 0. The molecular weight excluding hydrogens is 889 g/mol. The lowest BCUT2D eigenvalue weighted by molar-refractivity contribution is 0.403. The molecule has 0 aliphatic rings. The van der Waals surface area contributed by atoms with Gasteiger partial charge >= 0.3 is 0 Å². The molecule has 374 valence electrons. The van der Waals surface area contributed by atoms with Crippen LogP contribution >= 0.6 is 22.7 Å². The number of thiophene rings is 2. The lowest BCUT2D eigenvalue weighted by atomic mass is 9.82. The Balaban J connectivity index is 1.37. The average Bonchev–Trinajstić information content (AvgIpc) is 4.18. The Morgan fingerprint density at radius 2 is 0.743 bits per heavy atom. The van der Waals surface area contributed by atoms with Gasteiger partial charge in [-0.1, -0.05) is 236 Å². The van der Waals surface area contributed by atoms with Crippen LogP contribution in [-0.4, -0.2) is 0 Å². The molecule has 2 heterocycles. The first-order chi connectivity index (χ1) is 34.2. The molecule has 0 spiro atoms. The van der Waals surface area contributed by atoms with Crippen molar-refractivity contribution < 1.29 is 0 Å². The van der Waals surface area contributed by atoms with E-state index in [-0.39, 0.29) is 10.9 Å². The van der Waals surface area contributed by atoms with Crippen LogP contribution in [0.25, 0.3) is 64.0 Å². The Morgan fingerprint density at radius 1 is 0.386 bits per heavy atom. The Hall–Kier alpha value is -4.12. The topological polar surface area (TPSA) is 34.1 Å². The molecule has 0 aliphatic carbocycles. The van der Waals surface area contributed by atoms with Crippen LogP contribution in [0, 0.1) is 25.7 Å². The molecule has 70 heavy (non-hydrogen) atoms. The summed E-state index contributed by atoms with van der Waals surface area (Å²) in [6, 6.07) is 30.7. The summed E-state index contributed by atoms with van der Waals surface area (Å²) in [6.45, 7) is 13.5. The Labute approximate surface area is 431 Å². The summed E-state index contributed by atoms with van der Waals surface area (Å²) in [6.07, 6.45) is 31.8. The molecule has 5 aromatic carbocycles. The summed E-state index contributed by atoms with van der Waals surface area (Å²) < 4.78 is 0. The van der Waals surface area contributed by atoms with Crippen molar-refractivity contribution in [3.05, 3.63) is 127 Å². The zero-order valence-corrected chi connectivity index (χ0v) is 45.9. The molecule has 7 aromatic rings. The first-order valence-electron chi connectivity index (χ1n) is 28.3. The summed E-state index contributed by atoms with van der Waals surface area (Å²) in [4.78, 5) is 36.3. The fourth-order valence-corrected chi connectivity index (χ4v) is 13.4. The molecule has 0 aliphatic heterocycles. The van der Waals surface area contributed by atoms with Gasteiger partial charge in [-0.3, -0.25) is 9.59 Å². The third kappa shape index (κ3) is 14.1. The predicted octanol–water partition coefficient (Wildman–Crippen LogP) is 20.8. The predicted molar refractivity (Wildman–Crippen MR) is 311 cm³/mol. The fourth-order valence-electron chi connectivity index (χ4n) is 11.4. The van der Waals surface area contributed by atoms with Gasteiger partial charge in [0.25, 0.3) is 0 Å². The highest BCUT2D eigenvalue weighted by molar-refractivity contribution is 7.23. The molecule has 0 saturated carbocycles. The van der Waals surface area contributed by atoms with Crippen LogP contribution < -0.4 is 10.9 Å². The largest absolute Gasteiger partial charge is 0.289 e. The van der Waals surface area contributed by atoms with Crippen molar-refractivity contribution >= 4 is 44.2 Å². The van der Waals surface area contributed by atoms with E-state index >= 15 is 9.59 Å². The van der Waals surface area contributed by atoms with Crippen LogP contribution in [0.15, 0.2) is 94.5 Å². The molecule has 2 atom stereocenters. The van der Waals surface area contributed by atoms with E-state index in [1.165, 1.54) is 185 Å². The molecule has 0 amide bonds. The maximum atomic E-state index is 15.7. The van der Waals surface area contributed by atoms with Gasteiger partial charge in [-0.15, -0.1) is 22.7 Å². The van der Waals surface area contributed by atoms with Gasteiger partial charge in [-0.2, -0.15) is 0 Å². The average molecular weight is 976 g/mol. The van der Waals surface area contributed by atoms with Crippen LogP contribution in [0.5, 0.6) is 0 Å². The molecule has 2 aromatic heterocycles. The van der Waals surface area contributed by atoms with Gasteiger partial charge in [0, 0.05) is 41.4 Å². The quantitative estimate of drug-likeness (QED) is 0.0394. The Bertz CT molecular complexity index is 2700. The molecule has 0 bridgehead atoms. The molecule has 0 N–H and O–H groups in total. The number of benzene rings is 3. The van der Waals surface area contributed by atoms with E-state index in [1.54, 1.807) is 0 Å². The van der Waals surface area contributed by atoms with Crippen LogP contribution in [-0.2, 0) is 12.8 Å². The molecule has 2 unspecified atom stereocenters. The molecule has 0 radical (unpaired) electrons. The second kappa shape index (κ2) is 27.6. The lowest BCUT2D eigenvalue weighted by Crippen LogP contribution is -2.13. The molecule has 0 saturated heterocycles. The first kappa shape index (κ1) is 53.7. The minimum absolute atomic E-state index is 0.151. The molecule has 7 rings (SSSR count). The van der Waals surface area contributed by atoms with Gasteiger partial charge in [0.2, 0.25) is 0 Å². The highest BCUT2D eigenvalue weighted by Crippen LogP contribution is 2.42. The molecule has 0 fully saturated rings. The zero-order chi connectivity index (χ0) is 49.2. The maximum absolute atomic E-state index is 15.7. The van der Waals surface area contributed by atoms with E-state index in [0.29, 0.717) is 11.8 Å². The number of rotatable bonds is 32. The van der Waals surface area contributed by atoms with Gasteiger partial charge in [0.15, 0.2) is 10.9 Å². The van der Waals surface area contributed by atoms with E-state index < -0.39 is 0 Å². The van der Waals surface area contributed by atoms with Crippen molar-refractivity contribution in [2.75, 3.05) is 0 Å². The summed E-state index contributed by atoms with van der Waals surface area (Å²) >= 11 is 3.68. The minimum atomic E-state index is 0.151. The minimum Gasteiger partial charge on any atom is -0.289 e. The van der Waals surface area contributed by atoms with Crippen molar-refractivity contribution in [2.24, 2.45) is 11.8 Å². The smallest absolute Gasteiger partial charge is 0.194 e. The zero-order valence-electron chi connectivity index (χ0n) is 44.3. The second-order valence-corrected chi connectivity index (χ2v) is 23.6. The van der Waals surface area contributed by atoms with Crippen molar-refractivity contribution in [3.63, 3.8) is 0 Å². The van der Waals surface area contributed by atoms with Crippen molar-refractivity contribution in [3.8, 4) is 42.4 Å². The normalized spacial score (nSPS) is 12.8. The van der Waals surface area contributed by atoms with Crippen molar-refractivity contribution in [2.45, 2.75) is 208 Å². The van der Waals surface area contributed by atoms with E-state index in [4.69, 9.17) is 0 Å². The highest BCUT2D eigenvalue weighted by atomic mass is 32.1. The summed E-state index contributed by atoms with van der Waals surface area (Å²) in [5, 5.41) is 3.93. The van der Waals surface area contributed by atoms with E-state index in [0.717, 1.165) is 67.8 Å². The Kier molecular flexibility index (Phi) is 21.2. The third-order valence-corrected chi connectivity index (χ3v) is 17.9. The summed E-state index contributed by atoms with van der Waals surface area (Å²) in [5.74, 6) is 0.941. The highest BCUT2D eigenvalue weighted by Gasteiger charge is 2.28. The van der Waals surface area contributed by atoms with Crippen molar-refractivity contribution in [1.82, 2.24) is 0 Å². The van der Waals surface area contributed by atoms with E-state index in [2.05, 4.69) is 126 Å². The summed E-state index contributed by atoms with van der Waals surface area (Å²) in [7, 11) is 0. The Morgan fingerprint density at radius 3 is 1.17 bits per heavy atom. The van der Waals surface area contributed by atoms with Crippen LogP contribution in [0.3, 0.4) is 0 Å². The van der Waals surface area contributed by atoms with Gasteiger partial charge in [-0.05, 0) is 114 Å². The molecule has 2 nitrogen and oxygen atoms in total. The molecule has 4 heteroatoms. The number of aryl methyl sites for hydroxylation is 2. The van der Waals surface area contributed by atoms with Crippen LogP contribution in [0.1, 0.15) is 203 Å². The van der Waals surface area contributed by atoms with Crippen LogP contribution in [0.4, 0.5) is 0 Å². The van der Waals surface area contributed by atoms with E-state index in [9.17, 15) is 0 Å². The van der Waals surface area contributed by atoms with Crippen LogP contribution in [0.2, 0.25) is 0 Å². The lowest BCUT2D eigenvalue weighted by Gasteiger charge is -2.22. The second-order valence-electron chi connectivity index (χ2n) is 21.3. The van der Waals surface area contributed by atoms with E-state index in [1.807, 2.05) is 22.7 Å². The van der Waals surface area contributed by atoms with Gasteiger partial charge in [-0.25, -0.2) is 0 Å². The monoisotopic (exact) mass is 975 g/mol.